The maximum atomic E-state index is 13.0. The standard InChI is InChI=1S/C19H14ClFO4/c1-23-15-5-2-12-3-6-16(9-13(12)8-15)25-19(22)11-24-18-7-4-14(21)10-17(18)20/h2-10H,11H2,1H3. The number of ether oxygens (including phenoxy) is 3. The zero-order valence-electron chi connectivity index (χ0n) is 13.3. The smallest absolute Gasteiger partial charge is 0.349 e. The molecule has 0 aliphatic rings. The van der Waals surface area contributed by atoms with Gasteiger partial charge in [0.15, 0.2) is 6.61 Å². The summed E-state index contributed by atoms with van der Waals surface area (Å²) in [5, 5.41) is 1.97. The first-order valence-electron chi connectivity index (χ1n) is 7.41. The molecule has 3 aromatic rings. The second-order valence-electron chi connectivity index (χ2n) is 5.21. The van der Waals surface area contributed by atoms with Gasteiger partial charge in [-0.25, -0.2) is 9.18 Å². The summed E-state index contributed by atoms with van der Waals surface area (Å²) in [5.74, 6) is 0.238. The van der Waals surface area contributed by atoms with E-state index in [4.69, 9.17) is 25.8 Å². The minimum absolute atomic E-state index is 0.0885. The molecule has 25 heavy (non-hydrogen) atoms. The molecule has 0 radical (unpaired) electrons. The number of carbonyl (C=O) groups is 1. The van der Waals surface area contributed by atoms with Crippen LogP contribution in [0.4, 0.5) is 4.39 Å². The van der Waals surface area contributed by atoms with Crippen molar-refractivity contribution in [1.82, 2.24) is 0 Å². The fourth-order valence-corrected chi connectivity index (χ4v) is 2.50. The molecule has 0 fully saturated rings. The Hall–Kier alpha value is -2.79. The third-order valence-corrected chi connectivity index (χ3v) is 3.79. The molecule has 0 saturated carbocycles. The highest BCUT2D eigenvalue weighted by molar-refractivity contribution is 6.32. The lowest BCUT2D eigenvalue weighted by atomic mass is 10.1. The van der Waals surface area contributed by atoms with Crippen molar-refractivity contribution < 1.29 is 23.4 Å². The Morgan fingerprint density at radius 1 is 1.00 bits per heavy atom. The third kappa shape index (κ3) is 4.19. The van der Waals surface area contributed by atoms with Crippen LogP contribution in [0.5, 0.6) is 17.2 Å². The molecule has 6 heteroatoms. The molecule has 128 valence electrons. The van der Waals surface area contributed by atoms with Crippen molar-refractivity contribution in [3.05, 3.63) is 65.4 Å². The Labute approximate surface area is 148 Å². The highest BCUT2D eigenvalue weighted by Crippen LogP contribution is 2.26. The number of hydrogen-bond acceptors (Lipinski definition) is 4. The van der Waals surface area contributed by atoms with Crippen LogP contribution in [0.1, 0.15) is 0 Å². The van der Waals surface area contributed by atoms with Gasteiger partial charge in [0.1, 0.15) is 23.1 Å². The fourth-order valence-electron chi connectivity index (χ4n) is 2.28. The second kappa shape index (κ2) is 7.40. The molecule has 0 spiro atoms. The normalized spacial score (nSPS) is 10.5. The van der Waals surface area contributed by atoms with E-state index in [9.17, 15) is 9.18 Å². The number of rotatable bonds is 5. The SMILES string of the molecule is COc1ccc2ccc(OC(=O)COc3ccc(F)cc3Cl)cc2c1. The van der Waals surface area contributed by atoms with E-state index >= 15 is 0 Å². The van der Waals surface area contributed by atoms with Crippen LogP contribution < -0.4 is 14.2 Å². The summed E-state index contributed by atoms with van der Waals surface area (Å²) in [6, 6.07) is 14.6. The largest absolute Gasteiger partial charge is 0.497 e. The van der Waals surface area contributed by atoms with Gasteiger partial charge >= 0.3 is 5.97 Å². The topological polar surface area (TPSA) is 44.8 Å². The van der Waals surface area contributed by atoms with E-state index in [1.807, 2.05) is 24.3 Å². The van der Waals surface area contributed by atoms with Crippen LogP contribution in [-0.4, -0.2) is 19.7 Å². The van der Waals surface area contributed by atoms with Gasteiger partial charge in [-0.3, -0.25) is 0 Å². The monoisotopic (exact) mass is 360 g/mol. The minimum Gasteiger partial charge on any atom is -0.497 e. The van der Waals surface area contributed by atoms with E-state index in [0.29, 0.717) is 11.5 Å². The number of benzene rings is 3. The molecule has 0 heterocycles. The van der Waals surface area contributed by atoms with Crippen LogP contribution in [0.2, 0.25) is 5.02 Å². The lowest BCUT2D eigenvalue weighted by Gasteiger charge is -2.09. The van der Waals surface area contributed by atoms with Gasteiger partial charge in [0.05, 0.1) is 12.1 Å². The van der Waals surface area contributed by atoms with E-state index in [1.165, 1.54) is 12.1 Å². The second-order valence-corrected chi connectivity index (χ2v) is 5.62. The molecule has 0 aromatic heterocycles. The van der Waals surface area contributed by atoms with E-state index in [-0.39, 0.29) is 17.4 Å². The van der Waals surface area contributed by atoms with Crippen LogP contribution in [0.25, 0.3) is 10.8 Å². The molecular formula is C19H14ClFO4. The van der Waals surface area contributed by atoms with Gasteiger partial charge in [0.25, 0.3) is 0 Å². The summed E-state index contributed by atoms with van der Waals surface area (Å²) in [6.07, 6.45) is 0. The Balaban J connectivity index is 1.67. The van der Waals surface area contributed by atoms with Crippen molar-refractivity contribution >= 4 is 28.3 Å². The van der Waals surface area contributed by atoms with Crippen molar-refractivity contribution in [2.45, 2.75) is 0 Å². The predicted molar refractivity (Wildman–Crippen MR) is 93.0 cm³/mol. The van der Waals surface area contributed by atoms with E-state index < -0.39 is 11.8 Å². The highest BCUT2D eigenvalue weighted by Gasteiger charge is 2.10. The summed E-state index contributed by atoms with van der Waals surface area (Å²) >= 11 is 5.84. The summed E-state index contributed by atoms with van der Waals surface area (Å²) in [7, 11) is 1.59. The van der Waals surface area contributed by atoms with Crippen molar-refractivity contribution in [3.8, 4) is 17.2 Å². The fraction of sp³-hybridized carbons (Fsp3) is 0.105. The molecule has 0 saturated heterocycles. The number of esters is 1. The summed E-state index contributed by atoms with van der Waals surface area (Å²) in [5.41, 5.74) is 0. The third-order valence-electron chi connectivity index (χ3n) is 3.49. The maximum Gasteiger partial charge on any atom is 0.349 e. The molecule has 0 aliphatic carbocycles. The molecule has 3 aromatic carbocycles. The molecule has 0 N–H and O–H groups in total. The van der Waals surface area contributed by atoms with Crippen LogP contribution in [0.3, 0.4) is 0 Å². The van der Waals surface area contributed by atoms with Gasteiger partial charge in [-0.15, -0.1) is 0 Å². The number of methoxy groups -OCH3 is 1. The summed E-state index contributed by atoms with van der Waals surface area (Å²) < 4.78 is 28.7. The van der Waals surface area contributed by atoms with E-state index in [2.05, 4.69) is 0 Å². The first-order chi connectivity index (χ1) is 12.0. The average Bonchev–Trinajstić information content (AvgIpc) is 2.60. The zero-order valence-corrected chi connectivity index (χ0v) is 14.0. The molecule has 0 bridgehead atoms. The van der Waals surface area contributed by atoms with Gasteiger partial charge in [-0.05, 0) is 53.2 Å². The van der Waals surface area contributed by atoms with Crippen LogP contribution in [-0.2, 0) is 4.79 Å². The molecule has 3 rings (SSSR count). The molecule has 0 aliphatic heterocycles. The number of halogens is 2. The Kier molecular flexibility index (Phi) is 5.05. The highest BCUT2D eigenvalue weighted by atomic mass is 35.5. The van der Waals surface area contributed by atoms with Gasteiger partial charge in [0.2, 0.25) is 0 Å². The molecule has 0 atom stereocenters. The van der Waals surface area contributed by atoms with Crippen molar-refractivity contribution in [2.24, 2.45) is 0 Å². The summed E-state index contributed by atoms with van der Waals surface area (Å²) in [4.78, 5) is 11.9. The zero-order chi connectivity index (χ0) is 17.8. The van der Waals surface area contributed by atoms with Crippen molar-refractivity contribution in [2.75, 3.05) is 13.7 Å². The van der Waals surface area contributed by atoms with Gasteiger partial charge in [-0.2, -0.15) is 0 Å². The first kappa shape index (κ1) is 17.0. The summed E-state index contributed by atoms with van der Waals surface area (Å²) in [6.45, 7) is -0.346. The number of fused-ring (bicyclic) bond motifs is 1. The van der Waals surface area contributed by atoms with Crippen molar-refractivity contribution in [3.63, 3.8) is 0 Å². The molecule has 4 nitrogen and oxygen atoms in total. The Morgan fingerprint density at radius 3 is 2.44 bits per heavy atom. The van der Waals surface area contributed by atoms with Gasteiger partial charge in [0, 0.05) is 0 Å². The number of hydrogen-bond donors (Lipinski definition) is 0. The lowest BCUT2D eigenvalue weighted by Crippen LogP contribution is -2.17. The van der Waals surface area contributed by atoms with Gasteiger partial charge < -0.3 is 14.2 Å². The van der Waals surface area contributed by atoms with Crippen LogP contribution in [0, 0.1) is 5.82 Å². The van der Waals surface area contributed by atoms with E-state index in [1.54, 1.807) is 19.2 Å². The lowest BCUT2D eigenvalue weighted by molar-refractivity contribution is -0.136. The first-order valence-corrected chi connectivity index (χ1v) is 7.79. The Bertz CT molecular complexity index is 926. The minimum atomic E-state index is -0.595. The average molecular weight is 361 g/mol. The molecule has 0 amide bonds. The predicted octanol–water partition coefficient (Wildman–Crippen LogP) is 4.63. The molecular weight excluding hydrogens is 347 g/mol. The molecule has 0 unspecified atom stereocenters. The quantitative estimate of drug-likeness (QED) is 0.491. The van der Waals surface area contributed by atoms with Crippen LogP contribution >= 0.6 is 11.6 Å². The van der Waals surface area contributed by atoms with Crippen LogP contribution in [0.15, 0.2) is 54.6 Å². The Morgan fingerprint density at radius 2 is 1.72 bits per heavy atom. The number of carbonyl (C=O) groups excluding carboxylic acids is 1. The van der Waals surface area contributed by atoms with Crippen molar-refractivity contribution in [1.29, 1.82) is 0 Å². The van der Waals surface area contributed by atoms with Gasteiger partial charge in [-0.1, -0.05) is 23.7 Å². The maximum absolute atomic E-state index is 13.0. The van der Waals surface area contributed by atoms with E-state index in [0.717, 1.165) is 16.8 Å².